The average Bonchev–Trinajstić information content (AvgIpc) is 2.34. The number of rotatable bonds is 7. The zero-order valence-electron chi connectivity index (χ0n) is 12.5. The summed E-state index contributed by atoms with van der Waals surface area (Å²) >= 11 is 0. The van der Waals surface area contributed by atoms with E-state index >= 15 is 0 Å². The smallest absolute Gasteiger partial charge is 0.393 e. The highest BCUT2D eigenvalue weighted by Gasteiger charge is 2.80. The molecular weight excluding hydrogens is 385 g/mol. The second-order valence-electron chi connectivity index (χ2n) is 5.37. The minimum Gasteiger partial charge on any atom is -0.450 e. The van der Waals surface area contributed by atoms with Gasteiger partial charge in [0.25, 0.3) is 0 Å². The molecule has 0 heterocycles. The first-order valence-electron chi connectivity index (χ1n) is 6.10. The van der Waals surface area contributed by atoms with Crippen LogP contribution in [0.25, 0.3) is 0 Å². The molecule has 0 radical (unpaired) electrons. The first-order chi connectivity index (χ1) is 10.7. The molecule has 0 aliphatic rings. The molecule has 25 heavy (non-hydrogen) atoms. The molecule has 0 unspecified atom stereocenters. The van der Waals surface area contributed by atoms with Crippen LogP contribution in [0.5, 0.6) is 0 Å². The zero-order valence-corrected chi connectivity index (χ0v) is 12.5. The van der Waals surface area contributed by atoms with Gasteiger partial charge in [0.05, 0.1) is 6.42 Å². The van der Waals surface area contributed by atoms with Crippen LogP contribution >= 0.6 is 0 Å². The van der Waals surface area contributed by atoms with Gasteiger partial charge in [-0.15, -0.1) is 0 Å². The van der Waals surface area contributed by atoms with Crippen LogP contribution in [0.15, 0.2) is 12.2 Å². The van der Waals surface area contributed by atoms with Gasteiger partial charge in [0.15, 0.2) is 5.60 Å². The van der Waals surface area contributed by atoms with Crippen molar-refractivity contribution in [3.63, 3.8) is 0 Å². The van der Waals surface area contributed by atoms with E-state index in [-0.39, 0.29) is 13.8 Å². The van der Waals surface area contributed by atoms with Gasteiger partial charge in [0.2, 0.25) is 0 Å². The Morgan fingerprint density at radius 2 is 1.32 bits per heavy atom. The molecule has 0 aromatic heterocycles. The quantitative estimate of drug-likeness (QED) is 0.345. The number of alkyl halides is 11. The lowest BCUT2D eigenvalue weighted by atomic mass is 9.90. The molecule has 0 amide bonds. The third-order valence-electron chi connectivity index (χ3n) is 2.89. The predicted octanol–water partition coefficient (Wildman–Crippen LogP) is 4.99. The largest absolute Gasteiger partial charge is 0.450 e. The molecule has 0 bridgehead atoms. The van der Waals surface area contributed by atoms with E-state index in [0.717, 1.165) is 0 Å². The molecule has 0 rings (SSSR count). The molecular formula is C12H11F11O2. The molecule has 0 aromatic rings. The maximum absolute atomic E-state index is 13.7. The lowest BCUT2D eigenvalue weighted by Gasteiger charge is -2.40. The number of carbonyl (C=O) groups is 1. The summed E-state index contributed by atoms with van der Waals surface area (Å²) in [5.41, 5.74) is -5.36. The summed E-state index contributed by atoms with van der Waals surface area (Å²) in [6.45, 7) is 2.44. The van der Waals surface area contributed by atoms with Gasteiger partial charge < -0.3 is 4.74 Å². The molecule has 2 nitrogen and oxygen atoms in total. The van der Waals surface area contributed by atoms with Gasteiger partial charge in [-0.2, -0.15) is 39.5 Å². The molecule has 0 N–H and O–H groups in total. The van der Waals surface area contributed by atoms with Crippen molar-refractivity contribution in [2.45, 2.75) is 56.2 Å². The van der Waals surface area contributed by atoms with Gasteiger partial charge in [-0.25, -0.2) is 13.6 Å². The summed E-state index contributed by atoms with van der Waals surface area (Å²) in [6, 6.07) is 0. The van der Waals surface area contributed by atoms with Crippen LogP contribution in [-0.2, 0) is 9.53 Å². The average molecular weight is 396 g/mol. The fourth-order valence-electron chi connectivity index (χ4n) is 1.41. The molecule has 13 heteroatoms. The third kappa shape index (κ3) is 4.54. The Morgan fingerprint density at radius 3 is 1.64 bits per heavy atom. The number of hydrogen-bond donors (Lipinski definition) is 0. The first-order valence-corrected chi connectivity index (χ1v) is 6.10. The van der Waals surface area contributed by atoms with Crippen LogP contribution < -0.4 is 0 Å². The van der Waals surface area contributed by atoms with Crippen LogP contribution in [0.2, 0.25) is 0 Å². The summed E-state index contributed by atoms with van der Waals surface area (Å²) in [7, 11) is 0. The maximum Gasteiger partial charge on any atom is 0.393 e. The van der Waals surface area contributed by atoms with Crippen LogP contribution in [-0.4, -0.2) is 41.9 Å². The summed E-state index contributed by atoms with van der Waals surface area (Å²) in [6.07, 6.45) is -12.3. The highest BCUT2D eigenvalue weighted by Crippen LogP contribution is 2.53. The topological polar surface area (TPSA) is 26.3 Å². The molecule has 0 fully saturated rings. The Morgan fingerprint density at radius 1 is 0.920 bits per heavy atom. The summed E-state index contributed by atoms with van der Waals surface area (Å²) in [5, 5.41) is 0. The summed E-state index contributed by atoms with van der Waals surface area (Å²) in [5.74, 6) is -21.5. The lowest BCUT2D eigenvalue weighted by Crippen LogP contribution is -2.66. The lowest BCUT2D eigenvalue weighted by molar-refractivity contribution is -0.370. The normalized spacial score (nSPS) is 14.6. The number of carbonyl (C=O) groups excluding carboxylic acids is 1. The summed E-state index contributed by atoms with van der Waals surface area (Å²) < 4.78 is 143. The van der Waals surface area contributed by atoms with Crippen LogP contribution in [0, 0.1) is 0 Å². The molecule has 0 atom stereocenters. The fourth-order valence-corrected chi connectivity index (χ4v) is 1.41. The van der Waals surface area contributed by atoms with Crippen molar-refractivity contribution < 1.29 is 57.8 Å². The third-order valence-corrected chi connectivity index (χ3v) is 2.89. The molecule has 0 spiro atoms. The maximum atomic E-state index is 13.7. The van der Waals surface area contributed by atoms with E-state index in [4.69, 9.17) is 0 Å². The highest BCUT2D eigenvalue weighted by molar-refractivity contribution is 5.88. The number of ether oxygens (including phenoxy) is 1. The summed E-state index contributed by atoms with van der Waals surface area (Å²) in [4.78, 5) is 11.3. The van der Waals surface area contributed by atoms with Crippen LogP contribution in [0.1, 0.15) is 20.3 Å². The molecule has 0 saturated heterocycles. The number of halogens is 11. The van der Waals surface area contributed by atoms with Crippen molar-refractivity contribution in [3.05, 3.63) is 12.2 Å². The van der Waals surface area contributed by atoms with E-state index < -0.39 is 53.9 Å². The van der Waals surface area contributed by atoms with E-state index in [0.29, 0.717) is 0 Å². The Labute approximate surface area is 133 Å². The van der Waals surface area contributed by atoms with Gasteiger partial charge >= 0.3 is 36.3 Å². The molecule has 0 saturated carbocycles. The fraction of sp³-hybridized carbons (Fsp3) is 0.750. The Balaban J connectivity index is 5.62. The van der Waals surface area contributed by atoms with Gasteiger partial charge in [0.1, 0.15) is 0 Å². The molecule has 0 aromatic carbocycles. The van der Waals surface area contributed by atoms with E-state index in [1.165, 1.54) is 0 Å². The Bertz CT molecular complexity index is 520. The molecule has 0 aliphatic heterocycles. The monoisotopic (exact) mass is 396 g/mol. The standard InChI is InChI=1S/C12H11F11O2/c1-5(4-9(15,16)17)6(24)25-8(2,3)11(20,21)12(22,23)10(18,19)7(13)14/h7H,1,4H2,2-3H3. The number of esters is 1. The van der Waals surface area contributed by atoms with E-state index in [2.05, 4.69) is 11.3 Å². The van der Waals surface area contributed by atoms with Crippen LogP contribution in [0.4, 0.5) is 48.3 Å². The molecule has 148 valence electrons. The second kappa shape index (κ2) is 6.63. The highest BCUT2D eigenvalue weighted by atomic mass is 19.4. The van der Waals surface area contributed by atoms with Crippen LogP contribution in [0.3, 0.4) is 0 Å². The van der Waals surface area contributed by atoms with Gasteiger partial charge in [0, 0.05) is 5.57 Å². The van der Waals surface area contributed by atoms with Crippen molar-refractivity contribution in [2.24, 2.45) is 0 Å². The van der Waals surface area contributed by atoms with Gasteiger partial charge in [-0.1, -0.05) is 6.58 Å². The minimum atomic E-state index is -6.69. The van der Waals surface area contributed by atoms with Gasteiger partial charge in [-0.3, -0.25) is 0 Å². The van der Waals surface area contributed by atoms with Crippen molar-refractivity contribution >= 4 is 5.97 Å². The minimum absolute atomic E-state index is 0.0543. The van der Waals surface area contributed by atoms with E-state index in [1.54, 1.807) is 0 Å². The van der Waals surface area contributed by atoms with Crippen molar-refractivity contribution in [2.75, 3.05) is 0 Å². The first kappa shape index (κ1) is 23.4. The van der Waals surface area contributed by atoms with E-state index in [1.807, 2.05) is 0 Å². The second-order valence-corrected chi connectivity index (χ2v) is 5.37. The van der Waals surface area contributed by atoms with Crippen molar-refractivity contribution in [1.82, 2.24) is 0 Å². The predicted molar refractivity (Wildman–Crippen MR) is 60.8 cm³/mol. The SMILES string of the molecule is C=C(CC(F)(F)F)C(=O)OC(C)(C)C(F)(F)C(F)(F)C(F)(F)C(F)F. The Hall–Kier alpha value is -1.56. The zero-order chi connectivity index (χ0) is 20.6. The van der Waals surface area contributed by atoms with Crippen molar-refractivity contribution in [1.29, 1.82) is 0 Å². The van der Waals surface area contributed by atoms with Crippen molar-refractivity contribution in [3.8, 4) is 0 Å². The van der Waals surface area contributed by atoms with Gasteiger partial charge in [-0.05, 0) is 13.8 Å². The Kier molecular flexibility index (Phi) is 6.22. The number of hydrogen-bond acceptors (Lipinski definition) is 2. The molecule has 0 aliphatic carbocycles. The van der Waals surface area contributed by atoms with E-state index in [9.17, 15) is 53.1 Å².